The first-order valence-electron chi connectivity index (χ1n) is 11.8. The monoisotopic (exact) mass is 490 g/mol. The van der Waals surface area contributed by atoms with Crippen LogP contribution in [0.1, 0.15) is 25.7 Å². The summed E-state index contributed by atoms with van der Waals surface area (Å²) < 4.78 is 5.23. The van der Waals surface area contributed by atoms with E-state index in [-0.39, 0.29) is 17.4 Å². The molecule has 1 saturated heterocycles. The van der Waals surface area contributed by atoms with Crippen LogP contribution >= 0.6 is 0 Å². The van der Waals surface area contributed by atoms with Gasteiger partial charge < -0.3 is 25.1 Å². The first-order valence-corrected chi connectivity index (χ1v) is 11.8. The van der Waals surface area contributed by atoms with Crippen LogP contribution in [0.5, 0.6) is 11.5 Å². The maximum Gasteiger partial charge on any atom is 0.275 e. The minimum absolute atomic E-state index is 0.0323. The third-order valence-electron chi connectivity index (χ3n) is 6.42. The number of nitrogens with two attached hydrogens (primary N) is 1. The molecule has 2 heterocycles. The molecule has 2 aliphatic heterocycles. The number of hydrogen-bond donors (Lipinski definition) is 1. The summed E-state index contributed by atoms with van der Waals surface area (Å²) in [4.78, 5) is 46.9. The van der Waals surface area contributed by atoms with E-state index in [2.05, 4.69) is 6.58 Å². The molecule has 0 aliphatic carbocycles. The minimum Gasteiger partial charge on any atom is -0.497 e. The lowest BCUT2D eigenvalue weighted by Gasteiger charge is -2.35. The smallest absolute Gasteiger partial charge is 0.275 e. The lowest BCUT2D eigenvalue weighted by atomic mass is 9.95. The van der Waals surface area contributed by atoms with E-state index >= 15 is 0 Å². The molecule has 0 atom stereocenters. The van der Waals surface area contributed by atoms with Crippen LogP contribution in [-0.2, 0) is 14.4 Å². The molecule has 2 aliphatic rings. The summed E-state index contributed by atoms with van der Waals surface area (Å²) in [5, 5.41) is 1.39. The highest BCUT2D eigenvalue weighted by Gasteiger charge is 2.33. The van der Waals surface area contributed by atoms with E-state index in [0.717, 1.165) is 18.5 Å². The number of benzene rings is 2. The minimum atomic E-state index is -0.666. The van der Waals surface area contributed by atoms with E-state index in [1.165, 1.54) is 5.06 Å². The predicted molar refractivity (Wildman–Crippen MR) is 136 cm³/mol. The van der Waals surface area contributed by atoms with Crippen molar-refractivity contribution in [1.82, 2.24) is 5.06 Å². The molecule has 9 heteroatoms. The largest absolute Gasteiger partial charge is 0.497 e. The van der Waals surface area contributed by atoms with Gasteiger partial charge in [-0.3, -0.25) is 14.4 Å². The number of carbonyl (C=O) groups is 3. The number of hydroxylamine groups is 2. The summed E-state index contributed by atoms with van der Waals surface area (Å²) in [6, 6.07) is 14.3. The van der Waals surface area contributed by atoms with E-state index in [1.807, 2.05) is 12.1 Å². The second kappa shape index (κ2) is 10.6. The fourth-order valence-electron chi connectivity index (χ4n) is 4.36. The van der Waals surface area contributed by atoms with Gasteiger partial charge >= 0.3 is 0 Å². The second-order valence-corrected chi connectivity index (χ2v) is 8.67. The SMILES string of the molecule is C=C(C(N)=O)C1=C(N(C)c2ccc(OC)cc2)C(=O)N(c2ccc(ON3CCCCC3=O)cc2)CC1. The molecular weight excluding hydrogens is 460 g/mol. The van der Waals surface area contributed by atoms with Crippen molar-refractivity contribution >= 4 is 29.1 Å². The summed E-state index contributed by atoms with van der Waals surface area (Å²) in [5.41, 5.74) is 7.90. The van der Waals surface area contributed by atoms with Crippen molar-refractivity contribution in [3.05, 3.63) is 72.0 Å². The van der Waals surface area contributed by atoms with Crippen LogP contribution in [0.3, 0.4) is 0 Å². The van der Waals surface area contributed by atoms with Crippen molar-refractivity contribution in [2.45, 2.75) is 25.7 Å². The summed E-state index contributed by atoms with van der Waals surface area (Å²) in [5.74, 6) is 0.230. The molecule has 0 bridgehead atoms. The van der Waals surface area contributed by atoms with Crippen molar-refractivity contribution in [3.8, 4) is 11.5 Å². The Morgan fingerprint density at radius 1 is 0.972 bits per heavy atom. The van der Waals surface area contributed by atoms with Gasteiger partial charge in [-0.05, 0) is 73.4 Å². The highest BCUT2D eigenvalue weighted by atomic mass is 16.7. The second-order valence-electron chi connectivity index (χ2n) is 8.67. The molecule has 9 nitrogen and oxygen atoms in total. The van der Waals surface area contributed by atoms with Crippen molar-refractivity contribution in [2.75, 3.05) is 37.0 Å². The zero-order chi connectivity index (χ0) is 25.8. The topological polar surface area (TPSA) is 105 Å². The highest BCUT2D eigenvalue weighted by molar-refractivity contribution is 6.12. The van der Waals surface area contributed by atoms with Gasteiger partial charge in [0.15, 0.2) is 5.75 Å². The average Bonchev–Trinajstić information content (AvgIpc) is 2.89. The Kier molecular flexibility index (Phi) is 7.28. The fraction of sp³-hybridized carbons (Fsp3) is 0.296. The lowest BCUT2D eigenvalue weighted by molar-refractivity contribution is -0.161. The number of nitrogens with zero attached hydrogens (tertiary/aromatic N) is 3. The Morgan fingerprint density at radius 3 is 2.25 bits per heavy atom. The molecule has 2 aromatic carbocycles. The maximum atomic E-state index is 13.8. The third kappa shape index (κ3) is 5.05. The van der Waals surface area contributed by atoms with Crippen LogP contribution in [0.2, 0.25) is 0 Å². The van der Waals surface area contributed by atoms with Gasteiger partial charge in [-0.2, -0.15) is 5.06 Å². The molecule has 0 aromatic heterocycles. The summed E-state index contributed by atoms with van der Waals surface area (Å²) >= 11 is 0. The van der Waals surface area contributed by atoms with E-state index in [9.17, 15) is 14.4 Å². The van der Waals surface area contributed by atoms with Crippen molar-refractivity contribution < 1.29 is 24.0 Å². The van der Waals surface area contributed by atoms with E-state index in [0.29, 0.717) is 54.4 Å². The van der Waals surface area contributed by atoms with Gasteiger partial charge in [-0.25, -0.2) is 0 Å². The number of rotatable bonds is 8. The van der Waals surface area contributed by atoms with Gasteiger partial charge in [-0.15, -0.1) is 0 Å². The molecule has 2 aromatic rings. The number of piperidine rings is 1. The summed E-state index contributed by atoms with van der Waals surface area (Å²) in [6.45, 7) is 4.75. The van der Waals surface area contributed by atoms with Gasteiger partial charge in [0.2, 0.25) is 5.91 Å². The van der Waals surface area contributed by atoms with Crippen LogP contribution in [0.15, 0.2) is 72.0 Å². The van der Waals surface area contributed by atoms with Crippen LogP contribution < -0.4 is 25.1 Å². The fourth-order valence-corrected chi connectivity index (χ4v) is 4.36. The molecule has 2 N–H and O–H groups in total. The zero-order valence-electron chi connectivity index (χ0n) is 20.5. The van der Waals surface area contributed by atoms with Gasteiger partial charge in [-0.1, -0.05) is 6.58 Å². The molecule has 4 rings (SSSR count). The number of ether oxygens (including phenoxy) is 1. The van der Waals surface area contributed by atoms with Crippen LogP contribution in [0.4, 0.5) is 11.4 Å². The normalized spacial score (nSPS) is 16.2. The Bertz CT molecular complexity index is 1200. The summed E-state index contributed by atoms with van der Waals surface area (Å²) in [7, 11) is 3.35. The Hall–Kier alpha value is -4.27. The number of likely N-dealkylation sites (N-methyl/N-ethyl adjacent to an activating group) is 1. The van der Waals surface area contributed by atoms with E-state index < -0.39 is 5.91 Å². The van der Waals surface area contributed by atoms with Gasteiger partial charge in [0.05, 0.1) is 13.7 Å². The van der Waals surface area contributed by atoms with Crippen LogP contribution in [0.25, 0.3) is 0 Å². The standard InChI is InChI=1S/C27H30N4O5/c1-18(26(28)33)23-15-17-30(27(34)25(23)29(2)19-7-11-21(35-3)12-8-19)20-9-13-22(14-10-20)36-31-16-5-4-6-24(31)32/h7-14H,1,4-6,15-17H2,2-3H3,(H2,28,33). The predicted octanol–water partition coefficient (Wildman–Crippen LogP) is 3.17. The number of amides is 3. The summed E-state index contributed by atoms with van der Waals surface area (Å²) in [6.07, 6.45) is 2.67. The maximum absolute atomic E-state index is 13.8. The van der Waals surface area contributed by atoms with Gasteiger partial charge in [0.1, 0.15) is 11.4 Å². The molecule has 1 fully saturated rings. The number of hydrogen-bond acceptors (Lipinski definition) is 6. The molecule has 0 unspecified atom stereocenters. The first kappa shape index (κ1) is 24.8. The van der Waals surface area contributed by atoms with E-state index in [4.69, 9.17) is 15.3 Å². The van der Waals surface area contributed by atoms with Crippen LogP contribution in [-0.4, -0.2) is 50.0 Å². The average molecular weight is 491 g/mol. The Balaban J connectivity index is 1.61. The molecule has 0 radical (unpaired) electrons. The third-order valence-corrected chi connectivity index (χ3v) is 6.42. The van der Waals surface area contributed by atoms with Crippen molar-refractivity contribution in [1.29, 1.82) is 0 Å². The quantitative estimate of drug-likeness (QED) is 0.570. The Morgan fingerprint density at radius 2 is 1.64 bits per heavy atom. The van der Waals surface area contributed by atoms with Gasteiger partial charge in [0.25, 0.3) is 11.8 Å². The molecule has 0 spiro atoms. The number of primary amides is 1. The van der Waals surface area contributed by atoms with Crippen molar-refractivity contribution in [3.63, 3.8) is 0 Å². The van der Waals surface area contributed by atoms with Crippen molar-refractivity contribution in [2.24, 2.45) is 5.73 Å². The zero-order valence-corrected chi connectivity index (χ0v) is 20.5. The molecule has 36 heavy (non-hydrogen) atoms. The van der Waals surface area contributed by atoms with E-state index in [1.54, 1.807) is 60.4 Å². The first-order chi connectivity index (χ1) is 17.3. The highest BCUT2D eigenvalue weighted by Crippen LogP contribution is 2.33. The number of methoxy groups -OCH3 is 1. The number of anilines is 2. The van der Waals surface area contributed by atoms with Gasteiger partial charge in [0, 0.05) is 37.0 Å². The Labute approximate surface area is 210 Å². The van der Waals surface area contributed by atoms with Crippen LogP contribution in [0, 0.1) is 0 Å². The molecule has 3 amide bonds. The number of carbonyl (C=O) groups excluding carboxylic acids is 3. The molecular formula is C27H30N4O5. The molecule has 0 saturated carbocycles. The lowest BCUT2D eigenvalue weighted by Crippen LogP contribution is -2.43. The molecule has 188 valence electrons.